The molecule has 0 spiro atoms. The van der Waals surface area contributed by atoms with E-state index in [4.69, 9.17) is 9.97 Å². The number of rotatable bonds is 8. The average molecular weight is 665 g/mol. The van der Waals surface area contributed by atoms with Crippen LogP contribution < -0.4 is 69.3 Å². The maximum atomic E-state index is 11.4. The van der Waals surface area contributed by atoms with Crippen molar-refractivity contribution in [1.29, 1.82) is 0 Å². The van der Waals surface area contributed by atoms with Crippen molar-refractivity contribution in [1.82, 2.24) is 19.9 Å². The minimum Gasteiger partial charge on any atom is -0.550 e. The number of aryl methyl sites for hydroxylation is 2. The van der Waals surface area contributed by atoms with Gasteiger partial charge < -0.3 is 29.8 Å². The van der Waals surface area contributed by atoms with Gasteiger partial charge in [-0.3, -0.25) is 0 Å². The molecule has 11 heteroatoms. The van der Waals surface area contributed by atoms with Gasteiger partial charge in [0.05, 0.1) is 22.8 Å². The minimum absolute atomic E-state index is 0. The van der Waals surface area contributed by atoms with Crippen molar-refractivity contribution in [2.24, 2.45) is 0 Å². The fourth-order valence-corrected chi connectivity index (χ4v) is 5.76. The van der Waals surface area contributed by atoms with E-state index in [1.807, 2.05) is 58.0 Å². The van der Waals surface area contributed by atoms with Gasteiger partial charge in [-0.15, -0.1) is 0 Å². The number of aliphatic carboxylic acids is 2. The number of aromatic nitrogens is 4. The van der Waals surface area contributed by atoms with Gasteiger partial charge in [0.1, 0.15) is 0 Å². The average Bonchev–Trinajstić information content (AvgIpc) is 3.59. The Morgan fingerprint density at radius 2 is 1.04 bits per heavy atom. The summed E-state index contributed by atoms with van der Waals surface area (Å²) in [5.41, 5.74) is 13.3. The summed E-state index contributed by atoms with van der Waals surface area (Å²) in [5, 5.41) is 22.8. The van der Waals surface area contributed by atoms with Crippen molar-refractivity contribution in [3.05, 3.63) is 82.5 Å². The molecule has 2 aliphatic heterocycles. The van der Waals surface area contributed by atoms with Gasteiger partial charge in [0, 0.05) is 61.6 Å². The number of carbonyl (C=O) groups excluding carboxylic acids is 2. The van der Waals surface area contributed by atoms with Gasteiger partial charge in [-0.25, -0.2) is 9.97 Å². The van der Waals surface area contributed by atoms with E-state index in [2.05, 4.69) is 23.1 Å². The van der Waals surface area contributed by atoms with Crippen LogP contribution in [0, 0.1) is 13.8 Å². The third-order valence-electron chi connectivity index (χ3n) is 8.20. The Bertz CT molecular complexity index is 1940. The molecule has 5 rings (SSSR count). The first-order chi connectivity index (χ1) is 20.0. The molecule has 0 saturated carbocycles. The largest absolute Gasteiger partial charge is 1.00 e. The first-order valence-corrected chi connectivity index (χ1v) is 13.8. The molecule has 2 N–H and O–H groups in total. The van der Waals surface area contributed by atoms with Crippen LogP contribution in [0.25, 0.3) is 56.5 Å². The zero-order valence-electron chi connectivity index (χ0n) is 26.6. The molecule has 3 aromatic heterocycles. The first-order valence-electron chi connectivity index (χ1n) is 13.8. The maximum absolute atomic E-state index is 11.4. The molecule has 3 aromatic rings. The van der Waals surface area contributed by atoms with Gasteiger partial charge in [0.2, 0.25) is 0 Å². The second-order valence-corrected chi connectivity index (χ2v) is 10.7. The molecule has 8 bridgehead atoms. The molecule has 8 nitrogen and oxygen atoms in total. The van der Waals surface area contributed by atoms with Gasteiger partial charge in [0.25, 0.3) is 0 Å². The molecule has 0 fully saturated rings. The first kappa shape index (κ1) is 38.7. The van der Waals surface area contributed by atoms with Crippen molar-refractivity contribution < 1.29 is 95.4 Å². The van der Waals surface area contributed by atoms with Crippen LogP contribution >= 0.6 is 0 Å². The van der Waals surface area contributed by atoms with Gasteiger partial charge in [-0.2, -0.15) is 0 Å². The van der Waals surface area contributed by atoms with Gasteiger partial charge in [0.15, 0.2) is 0 Å². The Morgan fingerprint density at radius 1 is 0.667 bits per heavy atom. The number of hydrogen-bond acceptors (Lipinski definition) is 6. The molecule has 0 radical (unpaired) electrons. The topological polar surface area (TPSA) is 138 Å². The second-order valence-electron chi connectivity index (χ2n) is 10.7. The summed E-state index contributed by atoms with van der Waals surface area (Å²) in [6, 6.07) is 7.78. The van der Waals surface area contributed by atoms with Crippen LogP contribution in [0.3, 0.4) is 0 Å². The monoisotopic (exact) mass is 664 g/mol. The Balaban J connectivity index is 0.00000235. The number of nitrogens with zero attached hydrogens (tertiary/aromatic N) is 2. The predicted molar refractivity (Wildman–Crippen MR) is 164 cm³/mol. The Labute approximate surface area is 316 Å². The van der Waals surface area contributed by atoms with Crippen molar-refractivity contribution in [3.63, 3.8) is 0 Å². The van der Waals surface area contributed by atoms with Crippen LogP contribution in [0.2, 0.25) is 0 Å². The Morgan fingerprint density at radius 3 is 1.44 bits per heavy atom. The molecule has 45 heavy (non-hydrogen) atoms. The normalized spacial score (nSPS) is 12.2. The van der Waals surface area contributed by atoms with E-state index in [9.17, 15) is 19.8 Å². The number of aromatic amines is 2. The van der Waals surface area contributed by atoms with E-state index in [0.717, 1.165) is 66.6 Å². The van der Waals surface area contributed by atoms with Crippen molar-refractivity contribution >= 4 is 68.4 Å². The SMILES string of the molecule is C=Cc1c(C)c2cc3[nH]c(cc4nc(cc5nc(cc1[nH]2)C(C)=C5CCC(=O)[O-])C(CCC(=O)[O-])=C4C)c(C)c3C=C.[Na+].[Na+].[Ni]. The van der Waals surface area contributed by atoms with Crippen molar-refractivity contribution in [2.45, 2.75) is 53.4 Å². The summed E-state index contributed by atoms with van der Waals surface area (Å²) >= 11 is 0. The standard InChI is InChI=1S/C34H34N4O4.2Na.Ni/c1-7-21-17(3)25-13-26-19(5)23(9-11-33(39)40)31(37-26)16-32-24(10-12-34(41)42)20(6)28(38-32)15-30-22(8-2)18(4)27(36-30)14-29(21)35-25;;;/h7-8,13-16,35-36H,1-2,9-12H2,3-6H3,(H,39,40)(H,41,42);;;/q;2*+1;/p-2. The molecule has 0 atom stereocenters. The maximum Gasteiger partial charge on any atom is 1.00 e. The summed E-state index contributed by atoms with van der Waals surface area (Å²) in [6.45, 7) is 16.0. The number of allylic oxidation sites excluding steroid dienone is 4. The summed E-state index contributed by atoms with van der Waals surface area (Å²) in [4.78, 5) is 39.7. The van der Waals surface area contributed by atoms with Crippen LogP contribution in [-0.2, 0) is 26.1 Å². The minimum atomic E-state index is -1.15. The van der Waals surface area contributed by atoms with Crippen molar-refractivity contribution in [2.75, 3.05) is 0 Å². The summed E-state index contributed by atoms with van der Waals surface area (Å²) in [6.07, 6.45) is 3.79. The quantitative estimate of drug-likeness (QED) is 0.301. The number of carbonyl (C=O) groups is 2. The smallest absolute Gasteiger partial charge is 0.550 e. The number of carboxylic acids is 2. The fraction of sp³-hybridized carbons (Fsp3) is 0.235. The number of fused-ring (bicyclic) bond motifs is 8. The molecule has 0 amide bonds. The molecule has 224 valence electrons. The molecular formula is C34H32N4Na2NiO4. The number of carboxylic acid groups (broad SMARTS) is 2. The van der Waals surface area contributed by atoms with Crippen LogP contribution in [0.15, 0.2) is 37.4 Å². The molecule has 0 aromatic carbocycles. The van der Waals surface area contributed by atoms with E-state index < -0.39 is 11.9 Å². The van der Waals surface area contributed by atoms with Gasteiger partial charge in [-0.1, -0.05) is 25.3 Å². The van der Waals surface area contributed by atoms with E-state index in [0.29, 0.717) is 22.8 Å². The number of nitrogens with one attached hydrogen (secondary N) is 2. The third-order valence-corrected chi connectivity index (χ3v) is 8.20. The van der Waals surface area contributed by atoms with E-state index in [-0.39, 0.29) is 101 Å². The Kier molecular flexibility index (Phi) is 13.7. The fourth-order valence-electron chi connectivity index (χ4n) is 5.76. The van der Waals surface area contributed by atoms with E-state index in [1.54, 1.807) is 6.08 Å². The number of hydrogen-bond donors (Lipinski definition) is 2. The van der Waals surface area contributed by atoms with Gasteiger partial charge >= 0.3 is 59.1 Å². The number of H-pyrrole nitrogens is 2. The van der Waals surface area contributed by atoms with Crippen LogP contribution in [-0.4, -0.2) is 31.9 Å². The zero-order valence-corrected chi connectivity index (χ0v) is 31.5. The molecule has 0 saturated heterocycles. The van der Waals surface area contributed by atoms with Crippen LogP contribution in [0.1, 0.15) is 84.6 Å². The molecule has 0 unspecified atom stereocenters. The molecular weight excluding hydrogens is 633 g/mol. The zero-order chi connectivity index (χ0) is 30.3. The Hall–Kier alpha value is -2.49. The predicted octanol–water partition coefficient (Wildman–Crippen LogP) is -0.855. The van der Waals surface area contributed by atoms with E-state index >= 15 is 0 Å². The van der Waals surface area contributed by atoms with Gasteiger partial charge in [-0.05, 0) is 111 Å². The third kappa shape index (κ3) is 7.74. The summed E-state index contributed by atoms with van der Waals surface area (Å²) in [5.74, 6) is -2.29. The van der Waals surface area contributed by atoms with Crippen LogP contribution in [0.5, 0.6) is 0 Å². The van der Waals surface area contributed by atoms with Crippen LogP contribution in [0.4, 0.5) is 0 Å². The summed E-state index contributed by atoms with van der Waals surface area (Å²) in [7, 11) is 0. The summed E-state index contributed by atoms with van der Waals surface area (Å²) < 4.78 is 0. The molecule has 5 heterocycles. The molecule has 2 aliphatic rings. The molecule has 0 aliphatic carbocycles. The van der Waals surface area contributed by atoms with E-state index in [1.165, 1.54) is 0 Å². The van der Waals surface area contributed by atoms with Crippen molar-refractivity contribution in [3.8, 4) is 0 Å². The second kappa shape index (κ2) is 15.9.